The number of anilines is 1. The first kappa shape index (κ1) is 29.4. The van der Waals surface area contributed by atoms with Gasteiger partial charge in [0.15, 0.2) is 0 Å². The van der Waals surface area contributed by atoms with Gasteiger partial charge in [0.05, 0.1) is 24.6 Å². The molecule has 42 heavy (non-hydrogen) atoms. The molecule has 8 nitrogen and oxygen atoms in total. The average molecular weight is 569 g/mol. The number of para-hydroxylation sites is 1. The number of carbonyl (C=O) groups is 2. The molecule has 1 aromatic heterocycles. The monoisotopic (exact) mass is 568 g/mol. The number of nitrogens with one attached hydrogen (secondary N) is 1. The normalized spacial score (nSPS) is 17.9. The number of aryl methyl sites for hydroxylation is 1. The van der Waals surface area contributed by atoms with E-state index in [2.05, 4.69) is 36.3 Å². The molecule has 3 atom stereocenters. The van der Waals surface area contributed by atoms with Gasteiger partial charge in [0, 0.05) is 55.4 Å². The van der Waals surface area contributed by atoms with Crippen molar-refractivity contribution in [1.82, 2.24) is 14.4 Å². The maximum Gasteiger partial charge on any atom is 0.258 e. The lowest BCUT2D eigenvalue weighted by atomic mass is 9.99. The number of amides is 2. The van der Waals surface area contributed by atoms with Crippen LogP contribution in [0, 0.1) is 5.92 Å². The minimum Gasteiger partial charge on any atom is -0.488 e. The van der Waals surface area contributed by atoms with E-state index in [1.807, 2.05) is 67.2 Å². The summed E-state index contributed by atoms with van der Waals surface area (Å²) in [5, 5.41) is 14.0. The number of nitrogens with zero attached hydrogens (tertiary/aromatic N) is 3. The van der Waals surface area contributed by atoms with Crippen molar-refractivity contribution >= 4 is 28.4 Å². The minimum atomic E-state index is -0.363. The second-order valence-corrected chi connectivity index (χ2v) is 11.5. The lowest BCUT2D eigenvalue weighted by Gasteiger charge is -2.38. The molecule has 0 saturated carbocycles. The fourth-order valence-corrected chi connectivity index (χ4v) is 5.73. The SMILES string of the molecule is C[C@@H]1CN([C@H](C)CO)C(=O)c2cc(NC(=O)Cc3cn(C)c4ccccc34)ccc2O[C@@H]1CN(C)Cc1ccccc1. The van der Waals surface area contributed by atoms with Gasteiger partial charge in [-0.3, -0.25) is 14.5 Å². The van der Waals surface area contributed by atoms with Crippen LogP contribution in [-0.4, -0.2) is 70.2 Å². The molecule has 2 heterocycles. The number of hydrogen-bond donors (Lipinski definition) is 2. The Bertz CT molecular complexity index is 1550. The summed E-state index contributed by atoms with van der Waals surface area (Å²) >= 11 is 0. The van der Waals surface area contributed by atoms with Crippen LogP contribution in [0.1, 0.15) is 35.3 Å². The van der Waals surface area contributed by atoms with Crippen molar-refractivity contribution in [2.24, 2.45) is 13.0 Å². The van der Waals surface area contributed by atoms with Crippen LogP contribution in [0.5, 0.6) is 5.75 Å². The molecule has 0 spiro atoms. The van der Waals surface area contributed by atoms with E-state index in [4.69, 9.17) is 4.74 Å². The van der Waals surface area contributed by atoms with Crippen molar-refractivity contribution in [3.63, 3.8) is 0 Å². The molecule has 2 N–H and O–H groups in total. The molecule has 8 heteroatoms. The molecule has 1 aliphatic heterocycles. The Morgan fingerprint density at radius 2 is 1.86 bits per heavy atom. The van der Waals surface area contributed by atoms with Gasteiger partial charge < -0.3 is 24.6 Å². The number of carbonyl (C=O) groups excluding carboxylic acids is 2. The number of aliphatic hydroxyl groups excluding tert-OH is 1. The van der Waals surface area contributed by atoms with Gasteiger partial charge in [-0.05, 0) is 49.4 Å². The number of hydrogen-bond acceptors (Lipinski definition) is 5. The van der Waals surface area contributed by atoms with E-state index in [9.17, 15) is 14.7 Å². The number of fused-ring (bicyclic) bond motifs is 2. The predicted molar refractivity (Wildman–Crippen MR) is 166 cm³/mol. The van der Waals surface area contributed by atoms with Crippen LogP contribution in [0.25, 0.3) is 10.9 Å². The van der Waals surface area contributed by atoms with E-state index in [-0.39, 0.29) is 42.9 Å². The first-order valence-corrected chi connectivity index (χ1v) is 14.5. The van der Waals surface area contributed by atoms with Crippen LogP contribution in [0.15, 0.2) is 79.0 Å². The highest BCUT2D eigenvalue weighted by Gasteiger charge is 2.33. The summed E-state index contributed by atoms with van der Waals surface area (Å²) < 4.78 is 8.55. The quantitative estimate of drug-likeness (QED) is 0.305. The fraction of sp³-hybridized carbons (Fsp3) is 0.353. The highest BCUT2D eigenvalue weighted by Crippen LogP contribution is 2.31. The molecule has 0 fully saturated rings. The van der Waals surface area contributed by atoms with Crippen molar-refractivity contribution < 1.29 is 19.4 Å². The lowest BCUT2D eigenvalue weighted by molar-refractivity contribution is -0.115. The van der Waals surface area contributed by atoms with Crippen molar-refractivity contribution in [3.8, 4) is 5.75 Å². The molecule has 0 unspecified atom stereocenters. The maximum absolute atomic E-state index is 13.8. The Kier molecular flexibility index (Phi) is 8.94. The molecule has 3 aromatic carbocycles. The number of benzene rings is 3. The second kappa shape index (κ2) is 12.8. The van der Waals surface area contributed by atoms with E-state index >= 15 is 0 Å². The van der Waals surface area contributed by atoms with Gasteiger partial charge in [-0.15, -0.1) is 0 Å². The molecule has 1 aliphatic rings. The van der Waals surface area contributed by atoms with Crippen molar-refractivity contribution in [2.75, 3.05) is 32.1 Å². The summed E-state index contributed by atoms with van der Waals surface area (Å²) in [6.45, 7) is 5.67. The molecular formula is C34H40N4O4. The summed E-state index contributed by atoms with van der Waals surface area (Å²) in [6.07, 6.45) is 2.00. The number of likely N-dealkylation sites (N-methyl/N-ethyl adjacent to an activating group) is 1. The third-order valence-electron chi connectivity index (χ3n) is 8.07. The summed E-state index contributed by atoms with van der Waals surface area (Å²) in [4.78, 5) is 30.8. The van der Waals surface area contributed by atoms with E-state index in [1.165, 1.54) is 5.56 Å². The van der Waals surface area contributed by atoms with Gasteiger partial charge in [-0.25, -0.2) is 0 Å². The van der Waals surface area contributed by atoms with Gasteiger partial charge in [-0.2, -0.15) is 0 Å². The Morgan fingerprint density at radius 3 is 2.62 bits per heavy atom. The van der Waals surface area contributed by atoms with Crippen LogP contribution in [0.3, 0.4) is 0 Å². The molecule has 0 saturated heterocycles. The van der Waals surface area contributed by atoms with Gasteiger partial charge in [-0.1, -0.05) is 55.5 Å². The number of rotatable bonds is 9. The summed E-state index contributed by atoms with van der Waals surface area (Å²) in [5.74, 6) is 0.112. The van der Waals surface area contributed by atoms with E-state index in [0.717, 1.165) is 23.0 Å². The molecule has 0 bridgehead atoms. The van der Waals surface area contributed by atoms with Gasteiger partial charge in [0.1, 0.15) is 11.9 Å². The Labute approximate surface area is 247 Å². The lowest BCUT2D eigenvalue weighted by Crippen LogP contribution is -2.49. The molecule has 5 rings (SSSR count). The molecule has 2 amide bonds. The molecular weight excluding hydrogens is 528 g/mol. The van der Waals surface area contributed by atoms with E-state index in [1.54, 1.807) is 23.1 Å². The fourth-order valence-electron chi connectivity index (χ4n) is 5.73. The van der Waals surface area contributed by atoms with Crippen molar-refractivity contribution in [1.29, 1.82) is 0 Å². The summed E-state index contributed by atoms with van der Waals surface area (Å²) in [5.41, 5.74) is 4.13. The topological polar surface area (TPSA) is 87.0 Å². The second-order valence-electron chi connectivity index (χ2n) is 11.5. The Balaban J connectivity index is 1.37. The molecule has 0 aliphatic carbocycles. The van der Waals surface area contributed by atoms with Gasteiger partial charge >= 0.3 is 0 Å². The summed E-state index contributed by atoms with van der Waals surface area (Å²) in [7, 11) is 4.04. The highest BCUT2D eigenvalue weighted by atomic mass is 16.5. The largest absolute Gasteiger partial charge is 0.488 e. The third-order valence-corrected chi connectivity index (χ3v) is 8.07. The first-order chi connectivity index (χ1) is 20.2. The van der Waals surface area contributed by atoms with E-state index in [0.29, 0.717) is 30.1 Å². The summed E-state index contributed by atoms with van der Waals surface area (Å²) in [6, 6.07) is 23.2. The van der Waals surface area contributed by atoms with Crippen molar-refractivity contribution in [3.05, 3.63) is 95.7 Å². The van der Waals surface area contributed by atoms with E-state index < -0.39 is 0 Å². The first-order valence-electron chi connectivity index (χ1n) is 14.5. The predicted octanol–water partition coefficient (Wildman–Crippen LogP) is 4.71. The third kappa shape index (κ3) is 6.50. The van der Waals surface area contributed by atoms with Crippen LogP contribution in [0.2, 0.25) is 0 Å². The number of aromatic nitrogens is 1. The smallest absolute Gasteiger partial charge is 0.258 e. The van der Waals surface area contributed by atoms with Crippen LogP contribution < -0.4 is 10.1 Å². The Morgan fingerprint density at radius 1 is 1.12 bits per heavy atom. The van der Waals surface area contributed by atoms with Crippen LogP contribution >= 0.6 is 0 Å². The highest BCUT2D eigenvalue weighted by molar-refractivity contribution is 6.00. The van der Waals surface area contributed by atoms with Gasteiger partial charge in [0.2, 0.25) is 5.91 Å². The Hall–Kier alpha value is -4.14. The van der Waals surface area contributed by atoms with Crippen molar-refractivity contribution in [2.45, 2.75) is 39.0 Å². The molecule has 220 valence electrons. The van der Waals surface area contributed by atoms with Crippen LogP contribution in [-0.2, 0) is 24.8 Å². The molecule has 0 radical (unpaired) electrons. The van der Waals surface area contributed by atoms with Gasteiger partial charge in [0.25, 0.3) is 5.91 Å². The molecule has 4 aromatic rings. The zero-order valence-corrected chi connectivity index (χ0v) is 24.8. The minimum absolute atomic E-state index is 0.0226. The maximum atomic E-state index is 13.8. The average Bonchev–Trinajstić information content (AvgIpc) is 3.29. The number of ether oxygens (including phenoxy) is 1. The van der Waals surface area contributed by atoms with Crippen LogP contribution in [0.4, 0.5) is 5.69 Å². The standard InChI is InChI=1S/C34H40N4O4/c1-23-18-38(24(2)22-39)34(41)29-17-27(35-33(40)16-26-20-37(4)30-13-9-8-12-28(26)30)14-15-31(29)42-32(23)21-36(3)19-25-10-6-5-7-11-25/h5-15,17,20,23-24,32,39H,16,18-19,21-22H2,1-4H3,(H,35,40)/t23-,24-,32-/m1/s1. The zero-order valence-electron chi connectivity index (χ0n) is 24.8. The zero-order chi connectivity index (χ0) is 29.8. The number of aliphatic hydroxyl groups is 1.